The molecule has 27 heavy (non-hydrogen) atoms. The van der Waals surface area contributed by atoms with Gasteiger partial charge in [-0.25, -0.2) is 0 Å². The Kier molecular flexibility index (Phi) is 15.0. The molecule has 5 nitrogen and oxygen atoms in total. The molecule has 0 aromatic heterocycles. The topological polar surface area (TPSA) is 79.2 Å². The van der Waals surface area contributed by atoms with E-state index < -0.39 is 24.4 Å². The Morgan fingerprint density at radius 1 is 0.926 bits per heavy atom. The van der Waals surface area contributed by atoms with E-state index in [0.29, 0.717) is 6.61 Å². The summed E-state index contributed by atoms with van der Waals surface area (Å²) in [6, 6.07) is 0. The summed E-state index contributed by atoms with van der Waals surface area (Å²) < 4.78 is 10.7. The number of rotatable bonds is 17. The number of ether oxygens (including phenoxy) is 2. The van der Waals surface area contributed by atoms with Crippen LogP contribution in [0.25, 0.3) is 0 Å². The van der Waals surface area contributed by atoms with E-state index in [9.17, 15) is 15.3 Å². The van der Waals surface area contributed by atoms with E-state index in [-0.39, 0.29) is 13.2 Å². The van der Waals surface area contributed by atoms with Crippen molar-refractivity contribution in [3.8, 4) is 0 Å². The van der Waals surface area contributed by atoms with E-state index in [1.165, 1.54) is 64.2 Å². The second kappa shape index (κ2) is 16.5. The zero-order chi connectivity index (χ0) is 19.7. The van der Waals surface area contributed by atoms with Gasteiger partial charge in [0.05, 0.1) is 13.2 Å². The standard InChI is InChI=1S/C22H42O5/c1-2-3-4-5-6-7-8-9-10-11-12-13-14-15-16-26-17-20(24)22-21(25)19(23)18-27-22/h2-3,19-25H,4-18H2,1H3/b3-2+/t19-,20+,21+,22+/m0/s1. The maximum Gasteiger partial charge on any atom is 0.114 e. The predicted molar refractivity (Wildman–Crippen MR) is 109 cm³/mol. The van der Waals surface area contributed by atoms with E-state index >= 15 is 0 Å². The fourth-order valence-corrected chi connectivity index (χ4v) is 3.49. The highest BCUT2D eigenvalue weighted by Crippen LogP contribution is 2.18. The Labute approximate surface area is 165 Å². The zero-order valence-electron chi connectivity index (χ0n) is 17.2. The van der Waals surface area contributed by atoms with Gasteiger partial charge < -0.3 is 24.8 Å². The van der Waals surface area contributed by atoms with Crippen molar-refractivity contribution in [1.82, 2.24) is 0 Å². The lowest BCUT2D eigenvalue weighted by Crippen LogP contribution is -2.40. The van der Waals surface area contributed by atoms with Crippen LogP contribution in [0.5, 0.6) is 0 Å². The maximum absolute atomic E-state index is 9.93. The quantitative estimate of drug-likeness (QED) is 0.262. The fraction of sp³-hybridized carbons (Fsp3) is 0.909. The van der Waals surface area contributed by atoms with E-state index in [4.69, 9.17) is 9.47 Å². The first kappa shape index (κ1) is 24.6. The van der Waals surface area contributed by atoms with Crippen molar-refractivity contribution in [2.24, 2.45) is 0 Å². The van der Waals surface area contributed by atoms with Crippen LogP contribution in [0.2, 0.25) is 0 Å². The summed E-state index contributed by atoms with van der Waals surface area (Å²) in [6.07, 6.45) is 16.3. The molecule has 0 spiro atoms. The summed E-state index contributed by atoms with van der Waals surface area (Å²) in [4.78, 5) is 0. The molecule has 0 aromatic rings. The molecule has 0 radical (unpaired) electrons. The Bertz CT molecular complexity index is 361. The van der Waals surface area contributed by atoms with E-state index in [0.717, 1.165) is 12.8 Å². The lowest BCUT2D eigenvalue weighted by molar-refractivity contribution is -0.0813. The van der Waals surface area contributed by atoms with E-state index in [2.05, 4.69) is 19.1 Å². The first-order valence-corrected chi connectivity index (χ1v) is 11.0. The second-order valence-corrected chi connectivity index (χ2v) is 7.74. The van der Waals surface area contributed by atoms with Crippen molar-refractivity contribution in [3.63, 3.8) is 0 Å². The number of allylic oxidation sites excluding steroid dienone is 2. The van der Waals surface area contributed by atoms with Gasteiger partial charge in [0.15, 0.2) is 0 Å². The van der Waals surface area contributed by atoms with Crippen LogP contribution < -0.4 is 0 Å². The third-order valence-electron chi connectivity index (χ3n) is 5.25. The summed E-state index contributed by atoms with van der Waals surface area (Å²) in [6.45, 7) is 2.92. The molecule has 1 saturated heterocycles. The average molecular weight is 387 g/mol. The highest BCUT2D eigenvalue weighted by atomic mass is 16.5. The molecule has 1 aliphatic heterocycles. The largest absolute Gasteiger partial charge is 0.388 e. The second-order valence-electron chi connectivity index (χ2n) is 7.74. The van der Waals surface area contributed by atoms with Crippen molar-refractivity contribution in [3.05, 3.63) is 12.2 Å². The van der Waals surface area contributed by atoms with Gasteiger partial charge in [-0.1, -0.05) is 69.9 Å². The summed E-state index contributed by atoms with van der Waals surface area (Å²) in [5.41, 5.74) is 0. The molecule has 0 bridgehead atoms. The highest BCUT2D eigenvalue weighted by molar-refractivity contribution is 4.87. The van der Waals surface area contributed by atoms with Crippen LogP contribution in [0.4, 0.5) is 0 Å². The molecule has 0 saturated carbocycles. The van der Waals surface area contributed by atoms with Gasteiger partial charge >= 0.3 is 0 Å². The van der Waals surface area contributed by atoms with Crippen LogP contribution in [0, 0.1) is 0 Å². The summed E-state index contributed by atoms with van der Waals surface area (Å²) in [5.74, 6) is 0. The Morgan fingerprint density at radius 3 is 2.00 bits per heavy atom. The van der Waals surface area contributed by atoms with E-state index in [1.807, 2.05) is 0 Å². The smallest absolute Gasteiger partial charge is 0.114 e. The predicted octanol–water partition coefficient (Wildman–Crippen LogP) is 3.74. The molecule has 0 unspecified atom stereocenters. The zero-order valence-corrected chi connectivity index (χ0v) is 17.2. The third-order valence-corrected chi connectivity index (χ3v) is 5.25. The van der Waals surface area contributed by atoms with Crippen LogP contribution in [0.15, 0.2) is 12.2 Å². The molecular formula is C22H42O5. The SMILES string of the molecule is C/C=C/CCCCCCCCCCCCCOC[C@@H](O)[C@H]1OC[C@H](O)[C@H]1O. The van der Waals surface area contributed by atoms with Gasteiger partial charge in [-0.3, -0.25) is 0 Å². The molecule has 4 atom stereocenters. The maximum atomic E-state index is 9.93. The molecule has 0 aliphatic carbocycles. The lowest BCUT2D eigenvalue weighted by atomic mass is 10.1. The van der Waals surface area contributed by atoms with Crippen molar-refractivity contribution >= 4 is 0 Å². The van der Waals surface area contributed by atoms with Crippen LogP contribution in [-0.2, 0) is 9.47 Å². The van der Waals surface area contributed by atoms with Crippen molar-refractivity contribution in [1.29, 1.82) is 0 Å². The van der Waals surface area contributed by atoms with Crippen LogP contribution >= 0.6 is 0 Å². The molecule has 3 N–H and O–H groups in total. The van der Waals surface area contributed by atoms with Crippen LogP contribution in [-0.4, -0.2) is 59.6 Å². The molecule has 1 fully saturated rings. The number of hydrogen-bond acceptors (Lipinski definition) is 5. The van der Waals surface area contributed by atoms with Gasteiger partial charge in [0.1, 0.15) is 24.4 Å². The molecule has 0 amide bonds. The first-order valence-electron chi connectivity index (χ1n) is 11.0. The first-order chi connectivity index (χ1) is 13.2. The van der Waals surface area contributed by atoms with Crippen molar-refractivity contribution in [2.45, 2.75) is 108 Å². The minimum atomic E-state index is -1.03. The number of unbranched alkanes of at least 4 members (excludes halogenated alkanes) is 11. The monoisotopic (exact) mass is 386 g/mol. The lowest BCUT2D eigenvalue weighted by Gasteiger charge is -2.20. The van der Waals surface area contributed by atoms with E-state index in [1.54, 1.807) is 0 Å². The minimum absolute atomic E-state index is 0.0689. The highest BCUT2D eigenvalue weighted by Gasteiger charge is 2.39. The molecule has 160 valence electrons. The van der Waals surface area contributed by atoms with Gasteiger partial charge in [-0.05, 0) is 26.2 Å². The summed E-state index contributed by atoms with van der Waals surface area (Å²) >= 11 is 0. The van der Waals surface area contributed by atoms with Crippen molar-refractivity contribution in [2.75, 3.05) is 19.8 Å². The number of hydrogen-bond donors (Lipinski definition) is 3. The van der Waals surface area contributed by atoms with Gasteiger partial charge in [0.2, 0.25) is 0 Å². The van der Waals surface area contributed by atoms with Gasteiger partial charge in [-0.2, -0.15) is 0 Å². The van der Waals surface area contributed by atoms with Crippen LogP contribution in [0.1, 0.15) is 84.0 Å². The van der Waals surface area contributed by atoms with Gasteiger partial charge in [0.25, 0.3) is 0 Å². The molecule has 1 rings (SSSR count). The normalized spacial score (nSPS) is 24.1. The molecule has 1 aliphatic rings. The Hall–Kier alpha value is -0.460. The Morgan fingerprint density at radius 2 is 1.48 bits per heavy atom. The molecule has 0 aromatic carbocycles. The number of aliphatic hydroxyl groups is 3. The summed E-state index contributed by atoms with van der Waals surface area (Å²) in [7, 11) is 0. The minimum Gasteiger partial charge on any atom is -0.388 e. The molecule has 5 heteroatoms. The fourth-order valence-electron chi connectivity index (χ4n) is 3.49. The molecule has 1 heterocycles. The number of aliphatic hydroxyl groups excluding tert-OH is 3. The van der Waals surface area contributed by atoms with Crippen LogP contribution in [0.3, 0.4) is 0 Å². The van der Waals surface area contributed by atoms with Gasteiger partial charge in [0, 0.05) is 6.61 Å². The summed E-state index contributed by atoms with van der Waals surface area (Å²) in [5, 5.41) is 29.0. The third kappa shape index (κ3) is 11.9. The van der Waals surface area contributed by atoms with Gasteiger partial charge in [-0.15, -0.1) is 0 Å². The Balaban J connectivity index is 1.78. The van der Waals surface area contributed by atoms with Crippen molar-refractivity contribution < 1.29 is 24.8 Å². The molecular weight excluding hydrogens is 344 g/mol. The average Bonchev–Trinajstić information content (AvgIpc) is 3.00.